The van der Waals surface area contributed by atoms with Crippen LogP contribution in [0.15, 0.2) is 30.3 Å². The number of halogens is 3. The molecule has 5 nitrogen and oxygen atoms in total. The zero-order chi connectivity index (χ0) is 24.4. The second-order valence-corrected chi connectivity index (χ2v) is 11.3. The van der Waals surface area contributed by atoms with Crippen molar-refractivity contribution in [1.82, 2.24) is 14.9 Å². The highest BCUT2D eigenvalue weighted by atomic mass is 32.1. The molecular formula is C26H26F3N3O2S. The molecule has 0 unspecified atom stereocenters. The van der Waals surface area contributed by atoms with Gasteiger partial charge < -0.3 is 5.11 Å². The predicted octanol–water partition coefficient (Wildman–Crippen LogP) is 5.87. The van der Waals surface area contributed by atoms with Crippen molar-refractivity contribution in [2.75, 3.05) is 13.1 Å². The van der Waals surface area contributed by atoms with E-state index in [2.05, 4.69) is 4.98 Å². The second-order valence-electron chi connectivity index (χ2n) is 10.4. The van der Waals surface area contributed by atoms with E-state index in [-0.39, 0.29) is 35.9 Å². The Hall–Kier alpha value is -2.52. The van der Waals surface area contributed by atoms with Gasteiger partial charge in [0.1, 0.15) is 21.2 Å². The van der Waals surface area contributed by atoms with Gasteiger partial charge in [-0.1, -0.05) is 17.4 Å². The minimum atomic E-state index is -2.54. The fourth-order valence-corrected chi connectivity index (χ4v) is 6.72. The van der Waals surface area contributed by atoms with Crippen LogP contribution < -0.4 is 0 Å². The van der Waals surface area contributed by atoms with Crippen molar-refractivity contribution >= 4 is 27.7 Å². The van der Waals surface area contributed by atoms with E-state index < -0.39 is 11.9 Å². The van der Waals surface area contributed by atoms with Crippen LogP contribution in [0.5, 0.6) is 0 Å². The average molecular weight is 502 g/mol. The smallest absolute Gasteiger partial charge is 0.309 e. The molecule has 0 amide bonds. The summed E-state index contributed by atoms with van der Waals surface area (Å²) in [5, 5.41) is 9.57. The highest BCUT2D eigenvalue weighted by molar-refractivity contribution is 7.21. The number of pyridine rings is 1. The fourth-order valence-electron chi connectivity index (χ4n) is 5.75. The van der Waals surface area contributed by atoms with Crippen LogP contribution in [0.25, 0.3) is 20.9 Å². The molecule has 1 N–H and O–H groups in total. The molecule has 184 valence electrons. The molecule has 2 aliphatic carbocycles. The number of carboxylic acids is 1. The zero-order valence-corrected chi connectivity index (χ0v) is 20.0. The third kappa shape index (κ3) is 4.22. The van der Waals surface area contributed by atoms with Gasteiger partial charge in [-0.3, -0.25) is 9.69 Å². The molecule has 1 aromatic carbocycles. The summed E-state index contributed by atoms with van der Waals surface area (Å²) >= 11 is 1.35. The summed E-state index contributed by atoms with van der Waals surface area (Å²) in [6.07, 6.45) is 2.94. The van der Waals surface area contributed by atoms with Gasteiger partial charge >= 0.3 is 5.97 Å². The Bertz CT molecular complexity index is 1290. The summed E-state index contributed by atoms with van der Waals surface area (Å²) < 4.78 is 42.3. The number of nitrogens with zero attached hydrogens (tertiary/aromatic N) is 3. The Kier molecular flexibility index (Phi) is 5.41. The summed E-state index contributed by atoms with van der Waals surface area (Å²) in [5.74, 6) is -3.79. The molecular weight excluding hydrogens is 475 g/mol. The lowest BCUT2D eigenvalue weighted by molar-refractivity contribution is -0.147. The van der Waals surface area contributed by atoms with Crippen LogP contribution in [0.1, 0.15) is 49.8 Å². The minimum absolute atomic E-state index is 0.0421. The Morgan fingerprint density at radius 1 is 1.09 bits per heavy atom. The first-order valence-corrected chi connectivity index (χ1v) is 12.9. The number of benzene rings is 1. The number of rotatable bonds is 6. The van der Waals surface area contributed by atoms with Crippen molar-refractivity contribution in [2.24, 2.45) is 11.8 Å². The van der Waals surface area contributed by atoms with Gasteiger partial charge in [-0.2, -0.15) is 0 Å². The Morgan fingerprint density at radius 2 is 1.83 bits per heavy atom. The van der Waals surface area contributed by atoms with Crippen molar-refractivity contribution in [1.29, 1.82) is 0 Å². The van der Waals surface area contributed by atoms with E-state index in [0.717, 1.165) is 28.9 Å². The average Bonchev–Trinajstić information content (AvgIpc) is 3.48. The number of likely N-dealkylation sites (tertiary alicyclic amines) is 1. The normalized spacial score (nSPS) is 22.3. The molecule has 9 heteroatoms. The Morgan fingerprint density at radius 3 is 2.49 bits per heavy atom. The second kappa shape index (κ2) is 8.27. The maximum absolute atomic E-state index is 15.0. The Labute approximate surface area is 205 Å². The molecule has 0 radical (unpaired) electrons. The molecule has 3 aliphatic rings. The topological polar surface area (TPSA) is 66.3 Å². The summed E-state index contributed by atoms with van der Waals surface area (Å²) in [5.41, 5.74) is 2.79. The molecule has 35 heavy (non-hydrogen) atoms. The number of alkyl halides is 2. The minimum Gasteiger partial charge on any atom is -0.481 e. The van der Waals surface area contributed by atoms with E-state index in [1.165, 1.54) is 17.4 Å². The molecule has 3 aromatic rings. The maximum Gasteiger partial charge on any atom is 0.309 e. The molecule has 2 aromatic heterocycles. The molecule has 0 bridgehead atoms. The van der Waals surface area contributed by atoms with Gasteiger partial charge in [-0.25, -0.2) is 23.1 Å². The fraction of sp³-hybridized carbons (Fsp3) is 0.500. The van der Waals surface area contributed by atoms with Crippen LogP contribution in [0.4, 0.5) is 13.2 Å². The lowest BCUT2D eigenvalue weighted by atomic mass is 9.75. The highest BCUT2D eigenvalue weighted by Crippen LogP contribution is 2.58. The van der Waals surface area contributed by atoms with Gasteiger partial charge in [0.25, 0.3) is 0 Å². The van der Waals surface area contributed by atoms with Gasteiger partial charge in [0.15, 0.2) is 0 Å². The van der Waals surface area contributed by atoms with E-state index in [0.29, 0.717) is 48.6 Å². The first-order valence-electron chi connectivity index (χ1n) is 12.1. The van der Waals surface area contributed by atoms with Crippen molar-refractivity contribution in [3.8, 4) is 10.6 Å². The maximum atomic E-state index is 15.0. The quantitative estimate of drug-likeness (QED) is 0.458. The lowest BCUT2D eigenvalue weighted by Gasteiger charge is -2.36. The number of hydrogen-bond acceptors (Lipinski definition) is 5. The van der Waals surface area contributed by atoms with Crippen LogP contribution in [0.3, 0.4) is 0 Å². The van der Waals surface area contributed by atoms with Crippen molar-refractivity contribution < 1.29 is 23.1 Å². The summed E-state index contributed by atoms with van der Waals surface area (Å²) in [7, 11) is 0. The van der Waals surface area contributed by atoms with Gasteiger partial charge in [0, 0.05) is 49.1 Å². The zero-order valence-electron chi connectivity index (χ0n) is 19.1. The number of aromatic nitrogens is 2. The molecule has 0 atom stereocenters. The van der Waals surface area contributed by atoms with Crippen molar-refractivity contribution in [3.63, 3.8) is 0 Å². The number of aliphatic carboxylic acids is 1. The molecule has 3 fully saturated rings. The third-order valence-electron chi connectivity index (χ3n) is 8.03. The van der Waals surface area contributed by atoms with E-state index in [1.54, 1.807) is 6.07 Å². The number of hydrogen-bond donors (Lipinski definition) is 1. The van der Waals surface area contributed by atoms with E-state index in [9.17, 15) is 18.0 Å². The van der Waals surface area contributed by atoms with Crippen LogP contribution in [-0.4, -0.2) is 45.0 Å². The standard InChI is InChI=1S/C26H26F3N3O2S/c27-19-11-15(12-32-13-16(14-32)24(33)34)1-2-18(19)22-30-20-3-4-21(31-23(20)35-22)25(9-10-25)17-5-7-26(28,29)8-6-17/h1-4,11,16-17H,5-10,12-14H2,(H,33,34). The monoisotopic (exact) mass is 501 g/mol. The first kappa shape index (κ1) is 22.9. The number of carboxylic acid groups (broad SMARTS) is 1. The molecule has 2 saturated carbocycles. The summed E-state index contributed by atoms with van der Waals surface area (Å²) in [6.45, 7) is 1.48. The van der Waals surface area contributed by atoms with E-state index in [4.69, 9.17) is 10.1 Å². The highest BCUT2D eigenvalue weighted by Gasteiger charge is 2.54. The SMILES string of the molecule is O=C(O)C1CN(Cc2ccc(-c3nc4ccc(C5(C6CCC(F)(F)CC6)CC5)nc4s3)c(F)c2)C1. The Balaban J connectivity index is 1.20. The molecule has 1 saturated heterocycles. The molecule has 1 aliphatic heterocycles. The number of fused-ring (bicyclic) bond motifs is 1. The third-order valence-corrected chi connectivity index (χ3v) is 9.03. The molecule has 6 rings (SSSR count). The van der Waals surface area contributed by atoms with Gasteiger partial charge in [-0.05, 0) is 61.4 Å². The number of carbonyl (C=O) groups is 1. The first-order chi connectivity index (χ1) is 16.7. The van der Waals surface area contributed by atoms with Gasteiger partial charge in [0.2, 0.25) is 5.92 Å². The van der Waals surface area contributed by atoms with E-state index >= 15 is 0 Å². The van der Waals surface area contributed by atoms with E-state index in [1.807, 2.05) is 23.1 Å². The predicted molar refractivity (Wildman–Crippen MR) is 127 cm³/mol. The molecule has 3 heterocycles. The summed E-state index contributed by atoms with van der Waals surface area (Å²) in [6, 6.07) is 8.97. The van der Waals surface area contributed by atoms with Crippen molar-refractivity contribution in [3.05, 3.63) is 47.4 Å². The van der Waals surface area contributed by atoms with Gasteiger partial charge in [-0.15, -0.1) is 0 Å². The van der Waals surface area contributed by atoms with Crippen molar-refractivity contribution in [2.45, 2.75) is 56.4 Å². The van der Waals surface area contributed by atoms with Crippen LogP contribution in [0.2, 0.25) is 0 Å². The number of thiazole rings is 1. The summed E-state index contributed by atoms with van der Waals surface area (Å²) in [4.78, 5) is 23.2. The molecule has 0 spiro atoms. The van der Waals surface area contributed by atoms with Crippen LogP contribution >= 0.6 is 11.3 Å². The largest absolute Gasteiger partial charge is 0.481 e. The van der Waals surface area contributed by atoms with Gasteiger partial charge in [0.05, 0.1) is 5.92 Å². The van der Waals surface area contributed by atoms with Crippen LogP contribution in [0, 0.1) is 17.7 Å². The lowest BCUT2D eigenvalue weighted by Crippen LogP contribution is -2.49. The van der Waals surface area contributed by atoms with Crippen LogP contribution in [-0.2, 0) is 16.8 Å².